The number of rotatable bonds is 6. The molecule has 3 rings (SSSR count). The molecule has 0 radical (unpaired) electrons. The Morgan fingerprint density at radius 3 is 2.85 bits per heavy atom. The molecule has 1 amide bonds. The number of Topliss-reactive ketones (excluding diaryl/α,β-unsaturated/α-hetero) is 1. The lowest BCUT2D eigenvalue weighted by Gasteiger charge is -2.14. The quantitative estimate of drug-likeness (QED) is 0.606. The van der Waals surface area contributed by atoms with Crippen LogP contribution in [0.15, 0.2) is 18.2 Å². The number of ketones is 1. The summed E-state index contributed by atoms with van der Waals surface area (Å²) in [6.45, 7) is 1.19. The van der Waals surface area contributed by atoms with E-state index in [9.17, 15) is 19.1 Å². The molecule has 8 heteroatoms. The average molecular weight is 392 g/mol. The Bertz CT molecular complexity index is 881. The van der Waals surface area contributed by atoms with Crippen molar-refractivity contribution in [2.75, 3.05) is 18.5 Å². The molecule has 1 aromatic heterocycles. The zero-order valence-corrected chi connectivity index (χ0v) is 15.7. The summed E-state index contributed by atoms with van der Waals surface area (Å²) in [5, 5.41) is 24.3. The van der Waals surface area contributed by atoms with Crippen LogP contribution in [0.2, 0.25) is 0 Å². The van der Waals surface area contributed by atoms with Crippen molar-refractivity contribution < 1.29 is 24.2 Å². The lowest BCUT2D eigenvalue weighted by Crippen LogP contribution is -2.34. The fraction of sp³-hybridized carbons (Fsp3) is 0.368. The lowest BCUT2D eigenvalue weighted by molar-refractivity contribution is 0.0802. The summed E-state index contributed by atoms with van der Waals surface area (Å²) < 4.78 is 14.2. The second-order valence-electron chi connectivity index (χ2n) is 6.55. The molecule has 4 N–H and O–H groups in total. The Hall–Kier alpha value is -2.29. The number of fused-ring (bicyclic) bond motifs is 1. The number of halogens is 1. The highest BCUT2D eigenvalue weighted by Crippen LogP contribution is 2.39. The Morgan fingerprint density at radius 1 is 1.37 bits per heavy atom. The van der Waals surface area contributed by atoms with E-state index in [0.717, 1.165) is 16.9 Å². The molecule has 27 heavy (non-hydrogen) atoms. The number of aliphatic hydroxyl groups excluding tert-OH is 2. The number of aliphatic hydroxyl groups is 2. The van der Waals surface area contributed by atoms with Gasteiger partial charge in [-0.25, -0.2) is 4.39 Å². The summed E-state index contributed by atoms with van der Waals surface area (Å²) in [6.07, 6.45) is 0.591. The van der Waals surface area contributed by atoms with E-state index in [4.69, 9.17) is 5.11 Å². The van der Waals surface area contributed by atoms with Crippen molar-refractivity contribution in [3.63, 3.8) is 0 Å². The smallest absolute Gasteiger partial charge is 0.254 e. The Balaban J connectivity index is 1.97. The molecule has 0 saturated heterocycles. The summed E-state index contributed by atoms with van der Waals surface area (Å²) in [7, 11) is 0. The molecule has 1 aliphatic rings. The number of thiophene rings is 1. The number of anilines is 2. The van der Waals surface area contributed by atoms with Crippen LogP contribution >= 0.6 is 11.3 Å². The molecule has 0 saturated carbocycles. The number of hydrogen-bond donors (Lipinski definition) is 4. The first-order chi connectivity index (χ1) is 12.9. The van der Waals surface area contributed by atoms with Crippen LogP contribution in [0.3, 0.4) is 0 Å². The standard InChI is InChI=1S/C19H21FN2O4S/c1-10-5-6-14(13(20)7-10)22-19-16(18(26)21-8-11(24)9-23)12-3-2-4-15(25)17(12)27-19/h5-7,11,22-24H,2-4,8-9H2,1H3,(H,21,26). The van der Waals surface area contributed by atoms with E-state index in [1.54, 1.807) is 19.1 Å². The van der Waals surface area contributed by atoms with Crippen LogP contribution in [0.4, 0.5) is 15.1 Å². The zero-order chi connectivity index (χ0) is 19.6. The number of amides is 1. The van der Waals surface area contributed by atoms with Crippen LogP contribution in [0.25, 0.3) is 0 Å². The topological polar surface area (TPSA) is 98.7 Å². The van der Waals surface area contributed by atoms with E-state index in [2.05, 4.69) is 10.6 Å². The first kappa shape index (κ1) is 19.5. The van der Waals surface area contributed by atoms with Crippen molar-refractivity contribution in [3.8, 4) is 0 Å². The summed E-state index contributed by atoms with van der Waals surface area (Å²) in [5.74, 6) is -0.942. The molecule has 1 unspecified atom stereocenters. The van der Waals surface area contributed by atoms with Gasteiger partial charge in [-0.1, -0.05) is 6.07 Å². The molecule has 0 aliphatic heterocycles. The van der Waals surface area contributed by atoms with Crippen molar-refractivity contribution in [1.82, 2.24) is 5.32 Å². The van der Waals surface area contributed by atoms with Gasteiger partial charge in [0.05, 0.1) is 28.8 Å². The SMILES string of the molecule is Cc1ccc(Nc2sc3c(c2C(=O)NCC(O)CO)CCCC3=O)c(F)c1. The van der Waals surface area contributed by atoms with Crippen LogP contribution < -0.4 is 10.6 Å². The zero-order valence-electron chi connectivity index (χ0n) is 14.8. The fourth-order valence-electron chi connectivity index (χ4n) is 3.00. The molecule has 2 aromatic rings. The molecular formula is C19H21FN2O4S. The van der Waals surface area contributed by atoms with Gasteiger partial charge in [-0.3, -0.25) is 9.59 Å². The molecule has 144 valence electrons. The van der Waals surface area contributed by atoms with Gasteiger partial charge in [0, 0.05) is 13.0 Å². The molecule has 1 aliphatic carbocycles. The number of carbonyl (C=O) groups excluding carboxylic acids is 2. The van der Waals surface area contributed by atoms with Gasteiger partial charge >= 0.3 is 0 Å². The lowest BCUT2D eigenvalue weighted by atomic mass is 9.94. The van der Waals surface area contributed by atoms with Crippen molar-refractivity contribution in [3.05, 3.63) is 45.6 Å². The van der Waals surface area contributed by atoms with E-state index in [-0.39, 0.29) is 18.0 Å². The second kappa shape index (κ2) is 8.16. The summed E-state index contributed by atoms with van der Waals surface area (Å²) in [4.78, 5) is 25.5. The third kappa shape index (κ3) is 4.18. The molecule has 0 spiro atoms. The molecule has 1 heterocycles. The largest absolute Gasteiger partial charge is 0.394 e. The third-order valence-corrected chi connectivity index (χ3v) is 5.59. The third-order valence-electron chi connectivity index (χ3n) is 4.40. The number of nitrogens with one attached hydrogen (secondary N) is 2. The molecule has 0 fully saturated rings. The Morgan fingerprint density at radius 2 is 2.15 bits per heavy atom. The van der Waals surface area contributed by atoms with Gasteiger partial charge < -0.3 is 20.8 Å². The highest BCUT2D eigenvalue weighted by molar-refractivity contribution is 7.18. The minimum absolute atomic E-state index is 0.0249. The highest BCUT2D eigenvalue weighted by atomic mass is 32.1. The Labute approximate surface area is 160 Å². The first-order valence-electron chi connectivity index (χ1n) is 8.70. The van der Waals surface area contributed by atoms with Crippen molar-refractivity contribution >= 4 is 33.7 Å². The Kier molecular flexibility index (Phi) is 5.88. The fourth-order valence-corrected chi connectivity index (χ4v) is 4.23. The van der Waals surface area contributed by atoms with Gasteiger partial charge in [0.1, 0.15) is 10.8 Å². The normalized spacial score (nSPS) is 14.6. The van der Waals surface area contributed by atoms with Crippen LogP contribution in [0.1, 0.15) is 44.0 Å². The van der Waals surface area contributed by atoms with Gasteiger partial charge in [0.15, 0.2) is 5.78 Å². The second-order valence-corrected chi connectivity index (χ2v) is 7.57. The number of hydrogen-bond acceptors (Lipinski definition) is 6. The van der Waals surface area contributed by atoms with Crippen molar-refractivity contribution in [2.24, 2.45) is 0 Å². The van der Waals surface area contributed by atoms with Crippen LogP contribution in [-0.2, 0) is 6.42 Å². The molecule has 0 bridgehead atoms. The summed E-state index contributed by atoms with van der Waals surface area (Å²) in [5.41, 5.74) is 1.95. The van der Waals surface area contributed by atoms with Crippen LogP contribution in [0.5, 0.6) is 0 Å². The highest BCUT2D eigenvalue weighted by Gasteiger charge is 2.29. The maximum Gasteiger partial charge on any atom is 0.254 e. The van der Waals surface area contributed by atoms with Crippen LogP contribution in [0, 0.1) is 12.7 Å². The maximum atomic E-state index is 14.2. The molecule has 1 atom stereocenters. The van der Waals surface area contributed by atoms with Gasteiger partial charge in [0.25, 0.3) is 5.91 Å². The predicted molar refractivity (Wildman–Crippen MR) is 101 cm³/mol. The monoisotopic (exact) mass is 392 g/mol. The first-order valence-corrected chi connectivity index (χ1v) is 9.51. The average Bonchev–Trinajstić information content (AvgIpc) is 3.01. The predicted octanol–water partition coefficient (Wildman–Crippen LogP) is 2.54. The van der Waals surface area contributed by atoms with Gasteiger partial charge in [-0.2, -0.15) is 0 Å². The van der Waals surface area contributed by atoms with E-state index in [1.165, 1.54) is 6.07 Å². The summed E-state index contributed by atoms with van der Waals surface area (Å²) in [6, 6.07) is 4.72. The van der Waals surface area contributed by atoms with Crippen LogP contribution in [-0.4, -0.2) is 41.2 Å². The number of benzene rings is 1. The maximum absolute atomic E-state index is 14.2. The minimum Gasteiger partial charge on any atom is -0.394 e. The van der Waals surface area contributed by atoms with Crippen molar-refractivity contribution in [1.29, 1.82) is 0 Å². The van der Waals surface area contributed by atoms with E-state index in [0.29, 0.717) is 40.3 Å². The number of aryl methyl sites for hydroxylation is 1. The van der Waals surface area contributed by atoms with E-state index in [1.807, 2.05) is 0 Å². The molecule has 6 nitrogen and oxygen atoms in total. The molecule has 1 aromatic carbocycles. The van der Waals surface area contributed by atoms with E-state index >= 15 is 0 Å². The van der Waals surface area contributed by atoms with Gasteiger partial charge in [-0.05, 0) is 43.0 Å². The summed E-state index contributed by atoms with van der Waals surface area (Å²) >= 11 is 1.15. The minimum atomic E-state index is -1.07. The van der Waals surface area contributed by atoms with Gasteiger partial charge in [0.2, 0.25) is 0 Å². The number of carbonyl (C=O) groups is 2. The van der Waals surface area contributed by atoms with E-state index < -0.39 is 24.4 Å². The van der Waals surface area contributed by atoms with Crippen molar-refractivity contribution in [2.45, 2.75) is 32.3 Å². The molecular weight excluding hydrogens is 371 g/mol. The van der Waals surface area contributed by atoms with Gasteiger partial charge in [-0.15, -0.1) is 11.3 Å².